The Bertz CT molecular complexity index is 1030. The van der Waals surface area contributed by atoms with Gasteiger partial charge in [-0.15, -0.1) is 0 Å². The van der Waals surface area contributed by atoms with Crippen LogP contribution in [0.1, 0.15) is 5.76 Å². The number of rotatable bonds is 4. The van der Waals surface area contributed by atoms with E-state index in [0.29, 0.717) is 0 Å². The van der Waals surface area contributed by atoms with E-state index in [1.807, 2.05) is 0 Å². The fraction of sp³-hybridized carbons (Fsp3) is 0.111. The second-order valence-electron chi connectivity index (χ2n) is 5.41. The van der Waals surface area contributed by atoms with Crippen molar-refractivity contribution in [1.29, 1.82) is 0 Å². The summed E-state index contributed by atoms with van der Waals surface area (Å²) in [7, 11) is 0. The van der Waals surface area contributed by atoms with Crippen LogP contribution in [0.15, 0.2) is 57.7 Å². The monoisotopic (exact) mass is 363 g/mol. The Morgan fingerprint density at radius 2 is 1.81 bits per heavy atom. The SMILES string of the molecule is NC(=O)COc1ccc2c(=O)c(-c3ccccc3)c(C(F)(F)F)oc2c1. The van der Waals surface area contributed by atoms with Gasteiger partial charge in [0, 0.05) is 6.07 Å². The first-order chi connectivity index (χ1) is 12.3. The molecule has 0 aliphatic heterocycles. The molecule has 26 heavy (non-hydrogen) atoms. The highest BCUT2D eigenvalue weighted by Gasteiger charge is 2.39. The highest BCUT2D eigenvalue weighted by Crippen LogP contribution is 2.37. The molecule has 1 heterocycles. The van der Waals surface area contributed by atoms with Crippen LogP contribution in [-0.4, -0.2) is 12.5 Å². The van der Waals surface area contributed by atoms with Crippen molar-refractivity contribution >= 4 is 16.9 Å². The standard InChI is InChI=1S/C18H12F3NO4/c19-18(20,21)17-15(10-4-2-1-3-5-10)16(24)12-7-6-11(8-13(12)26-17)25-9-14(22)23/h1-8H,9H2,(H2,22,23). The molecule has 3 rings (SSSR count). The minimum absolute atomic E-state index is 0.0386. The Labute approximate surface area is 144 Å². The van der Waals surface area contributed by atoms with Crippen LogP contribution in [0.3, 0.4) is 0 Å². The van der Waals surface area contributed by atoms with Gasteiger partial charge >= 0.3 is 6.18 Å². The molecular weight excluding hydrogens is 351 g/mol. The number of carbonyl (C=O) groups excluding carboxylic acids is 1. The molecule has 2 aromatic carbocycles. The van der Waals surface area contributed by atoms with Crippen molar-refractivity contribution in [2.24, 2.45) is 5.73 Å². The summed E-state index contributed by atoms with van der Waals surface area (Å²) in [5.74, 6) is -2.09. The highest BCUT2D eigenvalue weighted by molar-refractivity contribution is 5.84. The zero-order chi connectivity index (χ0) is 18.9. The molecule has 0 aliphatic rings. The van der Waals surface area contributed by atoms with Gasteiger partial charge in [0.1, 0.15) is 11.3 Å². The number of benzene rings is 2. The summed E-state index contributed by atoms with van der Waals surface area (Å²) < 4.78 is 50.5. The third-order valence-corrected chi connectivity index (χ3v) is 3.56. The number of alkyl halides is 3. The van der Waals surface area contributed by atoms with Crippen LogP contribution in [0.4, 0.5) is 13.2 Å². The van der Waals surface area contributed by atoms with E-state index in [1.54, 1.807) is 6.07 Å². The summed E-state index contributed by atoms with van der Waals surface area (Å²) in [5.41, 5.74) is 3.38. The number of carbonyl (C=O) groups is 1. The normalized spacial score (nSPS) is 11.5. The molecule has 8 heteroatoms. The molecule has 0 bridgehead atoms. The van der Waals surface area contributed by atoms with Gasteiger partial charge in [-0.25, -0.2) is 0 Å². The zero-order valence-electron chi connectivity index (χ0n) is 13.2. The van der Waals surface area contributed by atoms with E-state index in [9.17, 15) is 22.8 Å². The lowest BCUT2D eigenvalue weighted by Crippen LogP contribution is -2.20. The number of hydrogen-bond donors (Lipinski definition) is 1. The molecule has 0 saturated carbocycles. The molecule has 1 amide bonds. The van der Waals surface area contributed by atoms with Crippen LogP contribution in [0, 0.1) is 0 Å². The zero-order valence-corrected chi connectivity index (χ0v) is 13.2. The van der Waals surface area contributed by atoms with Gasteiger partial charge in [-0.3, -0.25) is 9.59 Å². The highest BCUT2D eigenvalue weighted by atomic mass is 19.4. The summed E-state index contributed by atoms with van der Waals surface area (Å²) in [6.45, 7) is -0.454. The molecule has 0 spiro atoms. The molecule has 0 unspecified atom stereocenters. The smallest absolute Gasteiger partial charge is 0.450 e. The molecule has 0 saturated heterocycles. The van der Waals surface area contributed by atoms with Gasteiger partial charge in [0.15, 0.2) is 6.61 Å². The second-order valence-corrected chi connectivity index (χ2v) is 5.41. The van der Waals surface area contributed by atoms with E-state index in [4.69, 9.17) is 14.9 Å². The van der Waals surface area contributed by atoms with Gasteiger partial charge in [0.25, 0.3) is 5.91 Å². The van der Waals surface area contributed by atoms with Gasteiger partial charge in [-0.05, 0) is 17.7 Å². The average molecular weight is 363 g/mol. The number of halogens is 3. The molecule has 3 aromatic rings. The van der Waals surface area contributed by atoms with E-state index in [0.717, 1.165) is 6.07 Å². The number of ether oxygens (including phenoxy) is 1. The largest absolute Gasteiger partial charge is 0.484 e. The molecule has 0 fully saturated rings. The molecular formula is C18H12F3NO4. The fourth-order valence-electron chi connectivity index (χ4n) is 2.48. The summed E-state index contributed by atoms with van der Waals surface area (Å²) in [4.78, 5) is 23.5. The number of hydrogen-bond acceptors (Lipinski definition) is 4. The molecule has 0 aliphatic carbocycles. The minimum atomic E-state index is -4.87. The van der Waals surface area contributed by atoms with Crippen molar-refractivity contribution in [3.63, 3.8) is 0 Å². The van der Waals surface area contributed by atoms with Gasteiger partial charge in [-0.2, -0.15) is 13.2 Å². The van der Waals surface area contributed by atoms with Crippen molar-refractivity contribution < 1.29 is 27.1 Å². The van der Waals surface area contributed by atoms with Crippen molar-refractivity contribution in [3.05, 3.63) is 64.5 Å². The Kier molecular flexibility index (Phi) is 4.41. The topological polar surface area (TPSA) is 82.5 Å². The predicted octanol–water partition coefficient (Wildman–Crippen LogP) is 3.34. The van der Waals surface area contributed by atoms with Crippen molar-refractivity contribution in [2.75, 3.05) is 6.61 Å². The van der Waals surface area contributed by atoms with E-state index >= 15 is 0 Å². The maximum Gasteiger partial charge on any atom is 0.450 e. The van der Waals surface area contributed by atoms with E-state index in [-0.39, 0.29) is 22.3 Å². The quantitative estimate of drug-likeness (QED) is 0.771. The van der Waals surface area contributed by atoms with E-state index in [2.05, 4.69) is 0 Å². The number of fused-ring (bicyclic) bond motifs is 1. The number of primary amides is 1. The average Bonchev–Trinajstić information content (AvgIpc) is 2.59. The Morgan fingerprint density at radius 3 is 2.42 bits per heavy atom. The third kappa shape index (κ3) is 3.39. The lowest BCUT2D eigenvalue weighted by Gasteiger charge is -2.13. The van der Waals surface area contributed by atoms with Crippen molar-refractivity contribution in [1.82, 2.24) is 0 Å². The van der Waals surface area contributed by atoms with Gasteiger partial charge in [0.2, 0.25) is 11.2 Å². The first-order valence-corrected chi connectivity index (χ1v) is 7.42. The molecule has 0 atom stereocenters. The van der Waals surface area contributed by atoms with Gasteiger partial charge in [-0.1, -0.05) is 30.3 Å². The van der Waals surface area contributed by atoms with Gasteiger partial charge < -0.3 is 14.9 Å². The molecule has 0 radical (unpaired) electrons. The van der Waals surface area contributed by atoms with E-state index < -0.39 is 35.4 Å². The number of nitrogens with two attached hydrogens (primary N) is 1. The molecule has 2 N–H and O–H groups in total. The summed E-state index contributed by atoms with van der Waals surface area (Å²) >= 11 is 0. The molecule has 134 valence electrons. The predicted molar refractivity (Wildman–Crippen MR) is 87.6 cm³/mol. The van der Waals surface area contributed by atoms with Crippen LogP contribution in [0.25, 0.3) is 22.1 Å². The maximum atomic E-state index is 13.5. The molecule has 5 nitrogen and oxygen atoms in total. The number of amides is 1. The minimum Gasteiger partial charge on any atom is -0.484 e. The first-order valence-electron chi connectivity index (χ1n) is 7.42. The summed E-state index contributed by atoms with van der Waals surface area (Å²) in [6.07, 6.45) is -4.87. The fourth-order valence-corrected chi connectivity index (χ4v) is 2.48. The van der Waals surface area contributed by atoms with Crippen LogP contribution < -0.4 is 15.9 Å². The Hall–Kier alpha value is -3.29. The first kappa shape index (κ1) is 17.5. The van der Waals surface area contributed by atoms with E-state index in [1.165, 1.54) is 36.4 Å². The maximum absolute atomic E-state index is 13.5. The Balaban J connectivity index is 2.25. The lowest BCUT2D eigenvalue weighted by molar-refractivity contribution is -0.152. The van der Waals surface area contributed by atoms with Crippen LogP contribution in [0.2, 0.25) is 0 Å². The Morgan fingerprint density at radius 1 is 1.12 bits per heavy atom. The van der Waals surface area contributed by atoms with Crippen LogP contribution in [0.5, 0.6) is 5.75 Å². The van der Waals surface area contributed by atoms with Crippen LogP contribution >= 0.6 is 0 Å². The second kappa shape index (κ2) is 6.55. The van der Waals surface area contributed by atoms with Crippen molar-refractivity contribution in [3.8, 4) is 16.9 Å². The summed E-state index contributed by atoms with van der Waals surface area (Å²) in [5, 5.41) is -0.0386. The third-order valence-electron chi connectivity index (χ3n) is 3.56. The van der Waals surface area contributed by atoms with Gasteiger partial charge in [0.05, 0.1) is 10.9 Å². The van der Waals surface area contributed by atoms with Crippen molar-refractivity contribution in [2.45, 2.75) is 6.18 Å². The van der Waals surface area contributed by atoms with Crippen LogP contribution in [-0.2, 0) is 11.0 Å². The lowest BCUT2D eigenvalue weighted by atomic mass is 10.0. The summed E-state index contributed by atoms with van der Waals surface area (Å²) in [6, 6.07) is 11.2. The molecule has 1 aromatic heterocycles.